The van der Waals surface area contributed by atoms with Gasteiger partial charge in [0.25, 0.3) is 0 Å². The predicted molar refractivity (Wildman–Crippen MR) is 75.0 cm³/mol. The number of aryl methyl sites for hydroxylation is 1. The van der Waals surface area contributed by atoms with Crippen molar-refractivity contribution in [2.75, 3.05) is 25.1 Å². The SMILES string of the molecule is COC1(C)CCCN(c2ccc(C(=O)O)cc2C)C1. The molecular weight excluding hydrogens is 242 g/mol. The summed E-state index contributed by atoms with van der Waals surface area (Å²) in [6.45, 7) is 5.92. The van der Waals surface area contributed by atoms with Crippen molar-refractivity contribution in [3.05, 3.63) is 29.3 Å². The average Bonchev–Trinajstić information content (AvgIpc) is 2.38. The van der Waals surface area contributed by atoms with Gasteiger partial charge in [0, 0.05) is 25.9 Å². The lowest BCUT2D eigenvalue weighted by atomic mass is 9.93. The summed E-state index contributed by atoms with van der Waals surface area (Å²) in [5, 5.41) is 9.00. The van der Waals surface area contributed by atoms with Gasteiger partial charge in [-0.05, 0) is 50.5 Å². The number of carboxylic acid groups (broad SMARTS) is 1. The van der Waals surface area contributed by atoms with Crippen molar-refractivity contribution in [3.63, 3.8) is 0 Å². The molecule has 0 aliphatic carbocycles. The third-order valence-electron chi connectivity index (χ3n) is 3.94. The van der Waals surface area contributed by atoms with Gasteiger partial charge in [-0.2, -0.15) is 0 Å². The average molecular weight is 263 g/mol. The summed E-state index contributed by atoms with van der Waals surface area (Å²) >= 11 is 0. The molecule has 1 heterocycles. The Balaban J connectivity index is 2.24. The van der Waals surface area contributed by atoms with Crippen LogP contribution in [0.15, 0.2) is 18.2 Å². The second-order valence-corrected chi connectivity index (χ2v) is 5.49. The first-order valence-corrected chi connectivity index (χ1v) is 6.59. The van der Waals surface area contributed by atoms with E-state index in [-0.39, 0.29) is 5.60 Å². The van der Waals surface area contributed by atoms with Crippen LogP contribution in [0.4, 0.5) is 5.69 Å². The number of nitrogens with zero attached hydrogens (tertiary/aromatic N) is 1. The molecule has 4 nitrogen and oxygen atoms in total. The van der Waals surface area contributed by atoms with Gasteiger partial charge in [-0.15, -0.1) is 0 Å². The van der Waals surface area contributed by atoms with Crippen molar-refractivity contribution in [1.82, 2.24) is 0 Å². The van der Waals surface area contributed by atoms with Crippen LogP contribution < -0.4 is 4.90 Å². The third-order valence-corrected chi connectivity index (χ3v) is 3.94. The van der Waals surface area contributed by atoms with Crippen LogP contribution in [0.3, 0.4) is 0 Å². The number of hydrogen-bond acceptors (Lipinski definition) is 3. The molecule has 4 heteroatoms. The number of hydrogen-bond donors (Lipinski definition) is 1. The van der Waals surface area contributed by atoms with Gasteiger partial charge in [0.05, 0.1) is 11.2 Å². The Hall–Kier alpha value is -1.55. The lowest BCUT2D eigenvalue weighted by molar-refractivity contribution is -0.00467. The monoisotopic (exact) mass is 263 g/mol. The van der Waals surface area contributed by atoms with Gasteiger partial charge in [-0.3, -0.25) is 0 Å². The molecule has 0 radical (unpaired) electrons. The Kier molecular flexibility index (Phi) is 3.80. The first-order chi connectivity index (χ1) is 8.95. The zero-order valence-electron chi connectivity index (χ0n) is 11.8. The number of anilines is 1. The highest BCUT2D eigenvalue weighted by Crippen LogP contribution is 2.30. The minimum Gasteiger partial charge on any atom is -0.478 e. The first-order valence-electron chi connectivity index (χ1n) is 6.59. The third kappa shape index (κ3) is 2.89. The van der Waals surface area contributed by atoms with E-state index in [1.54, 1.807) is 19.2 Å². The van der Waals surface area contributed by atoms with Crippen LogP contribution in [0.25, 0.3) is 0 Å². The van der Waals surface area contributed by atoms with E-state index in [1.807, 2.05) is 13.0 Å². The van der Waals surface area contributed by atoms with Crippen LogP contribution in [0.1, 0.15) is 35.7 Å². The standard InChI is InChI=1S/C15H21NO3/c1-11-9-12(14(17)18)5-6-13(11)16-8-4-7-15(2,10-16)19-3/h5-6,9H,4,7-8,10H2,1-3H3,(H,17,18). The van der Waals surface area contributed by atoms with Gasteiger partial charge in [0.2, 0.25) is 0 Å². The number of carbonyl (C=O) groups is 1. The highest BCUT2D eigenvalue weighted by molar-refractivity contribution is 5.88. The summed E-state index contributed by atoms with van der Waals surface area (Å²) < 4.78 is 5.60. The van der Waals surface area contributed by atoms with Crippen molar-refractivity contribution in [3.8, 4) is 0 Å². The number of ether oxygens (including phenoxy) is 1. The van der Waals surface area contributed by atoms with Crippen LogP contribution in [0, 0.1) is 6.92 Å². The van der Waals surface area contributed by atoms with Crippen LogP contribution in [-0.4, -0.2) is 36.9 Å². The van der Waals surface area contributed by atoms with E-state index in [0.29, 0.717) is 5.56 Å². The zero-order chi connectivity index (χ0) is 14.0. The van der Waals surface area contributed by atoms with Crippen molar-refractivity contribution >= 4 is 11.7 Å². The number of rotatable bonds is 3. The van der Waals surface area contributed by atoms with E-state index in [9.17, 15) is 4.79 Å². The van der Waals surface area contributed by atoms with Gasteiger partial charge in [0.1, 0.15) is 0 Å². The van der Waals surface area contributed by atoms with Crippen molar-refractivity contribution in [2.45, 2.75) is 32.3 Å². The zero-order valence-corrected chi connectivity index (χ0v) is 11.8. The van der Waals surface area contributed by atoms with E-state index in [2.05, 4.69) is 11.8 Å². The smallest absolute Gasteiger partial charge is 0.335 e. The van der Waals surface area contributed by atoms with Crippen molar-refractivity contribution in [2.24, 2.45) is 0 Å². The predicted octanol–water partition coefficient (Wildman–Crippen LogP) is 2.70. The Morgan fingerprint density at radius 1 is 1.47 bits per heavy atom. The highest BCUT2D eigenvalue weighted by atomic mass is 16.5. The Morgan fingerprint density at radius 3 is 2.79 bits per heavy atom. The molecule has 1 aliphatic heterocycles. The van der Waals surface area contributed by atoms with Gasteiger partial charge >= 0.3 is 5.97 Å². The van der Waals surface area contributed by atoms with E-state index in [4.69, 9.17) is 9.84 Å². The fourth-order valence-electron chi connectivity index (χ4n) is 2.72. The maximum absolute atomic E-state index is 11.0. The molecule has 1 atom stereocenters. The topological polar surface area (TPSA) is 49.8 Å². The molecule has 0 aromatic heterocycles. The number of aromatic carboxylic acids is 1. The molecule has 19 heavy (non-hydrogen) atoms. The fourth-order valence-corrected chi connectivity index (χ4v) is 2.72. The summed E-state index contributed by atoms with van der Waals surface area (Å²) in [7, 11) is 1.75. The number of methoxy groups -OCH3 is 1. The molecule has 2 rings (SSSR count). The maximum atomic E-state index is 11.0. The Morgan fingerprint density at radius 2 is 2.21 bits per heavy atom. The van der Waals surface area contributed by atoms with Crippen LogP contribution in [-0.2, 0) is 4.74 Å². The summed E-state index contributed by atoms with van der Waals surface area (Å²) in [5.41, 5.74) is 2.33. The second-order valence-electron chi connectivity index (χ2n) is 5.49. The molecule has 104 valence electrons. The minimum atomic E-state index is -0.880. The Bertz CT molecular complexity index is 486. The summed E-state index contributed by atoms with van der Waals surface area (Å²) in [6.07, 6.45) is 2.15. The molecule has 1 aliphatic rings. The molecule has 0 bridgehead atoms. The lowest BCUT2D eigenvalue weighted by Crippen LogP contribution is -2.47. The van der Waals surface area contributed by atoms with Crippen molar-refractivity contribution in [1.29, 1.82) is 0 Å². The number of carboxylic acids is 1. The molecule has 1 N–H and O–H groups in total. The van der Waals surface area contributed by atoms with E-state index in [1.165, 1.54) is 0 Å². The van der Waals surface area contributed by atoms with E-state index in [0.717, 1.165) is 37.2 Å². The lowest BCUT2D eigenvalue weighted by Gasteiger charge is -2.41. The van der Waals surface area contributed by atoms with Gasteiger partial charge in [-0.25, -0.2) is 4.79 Å². The van der Waals surface area contributed by atoms with E-state index >= 15 is 0 Å². The Labute approximate surface area is 114 Å². The van der Waals surface area contributed by atoms with Gasteiger partial charge in [-0.1, -0.05) is 0 Å². The molecule has 1 aromatic carbocycles. The second kappa shape index (κ2) is 5.21. The van der Waals surface area contributed by atoms with Crippen LogP contribution in [0.2, 0.25) is 0 Å². The summed E-state index contributed by atoms with van der Waals surface area (Å²) in [4.78, 5) is 13.2. The quantitative estimate of drug-likeness (QED) is 0.911. The van der Waals surface area contributed by atoms with Gasteiger partial charge in [0.15, 0.2) is 0 Å². The first kappa shape index (κ1) is 13.9. The normalized spacial score (nSPS) is 23.4. The number of benzene rings is 1. The molecule has 1 unspecified atom stereocenters. The maximum Gasteiger partial charge on any atom is 0.335 e. The van der Waals surface area contributed by atoms with Gasteiger partial charge < -0.3 is 14.7 Å². The molecule has 1 aromatic rings. The number of piperidine rings is 1. The van der Waals surface area contributed by atoms with E-state index < -0.39 is 5.97 Å². The minimum absolute atomic E-state index is 0.115. The van der Waals surface area contributed by atoms with Crippen LogP contribution in [0.5, 0.6) is 0 Å². The molecule has 1 saturated heterocycles. The molecule has 1 fully saturated rings. The van der Waals surface area contributed by atoms with Crippen LogP contribution >= 0.6 is 0 Å². The summed E-state index contributed by atoms with van der Waals surface area (Å²) in [5.74, 6) is -0.880. The molecule has 0 saturated carbocycles. The van der Waals surface area contributed by atoms with Crippen molar-refractivity contribution < 1.29 is 14.6 Å². The highest BCUT2D eigenvalue weighted by Gasteiger charge is 2.31. The fraction of sp³-hybridized carbons (Fsp3) is 0.533. The molecular formula is C15H21NO3. The molecule has 0 spiro atoms. The summed E-state index contributed by atoms with van der Waals surface area (Å²) in [6, 6.07) is 5.31. The molecule has 0 amide bonds. The largest absolute Gasteiger partial charge is 0.478 e.